The summed E-state index contributed by atoms with van der Waals surface area (Å²) >= 11 is 0. The molecule has 1 saturated carbocycles. The fraction of sp³-hybridized carbons (Fsp3) is 0.682. The molecule has 1 aromatic rings. The fourth-order valence-corrected chi connectivity index (χ4v) is 6.99. The monoisotopic (exact) mass is 421 g/mol. The van der Waals surface area contributed by atoms with E-state index in [0.29, 0.717) is 45.6 Å². The second-order valence-electron chi connectivity index (χ2n) is 9.43. The van der Waals surface area contributed by atoms with E-state index in [1.807, 2.05) is 0 Å². The molecule has 0 spiro atoms. The Morgan fingerprint density at radius 3 is 2.14 bits per heavy atom. The zero-order chi connectivity index (χ0) is 22.1. The van der Waals surface area contributed by atoms with E-state index in [-0.39, 0.29) is 22.8 Å². The highest BCUT2D eigenvalue weighted by molar-refractivity contribution is 5.98. The minimum atomic E-state index is -1.03. The van der Waals surface area contributed by atoms with Crippen molar-refractivity contribution in [2.75, 3.05) is 0 Å². The molecule has 1 atom stereocenters. The molecule has 6 nitrogen and oxygen atoms in total. The number of nitro benzene ring substituents is 1. The van der Waals surface area contributed by atoms with Crippen LogP contribution in [0.4, 0.5) is 5.69 Å². The maximum absolute atomic E-state index is 11.7. The first kappa shape index (κ1) is 23.5. The third-order valence-corrected chi connectivity index (χ3v) is 7.61. The lowest BCUT2D eigenvalue weighted by molar-refractivity contribution is -0.385. The molecule has 29 heavy (non-hydrogen) atoms. The third kappa shape index (κ3) is 4.26. The lowest BCUT2D eigenvalue weighted by Gasteiger charge is -2.57. The Morgan fingerprint density at radius 1 is 1.21 bits per heavy atom. The quantitative estimate of drug-likeness (QED) is 0.362. The summed E-state index contributed by atoms with van der Waals surface area (Å²) in [5.74, 6) is 0.979. The summed E-state index contributed by atoms with van der Waals surface area (Å²) in [4.78, 5) is 22.4. The Morgan fingerprint density at radius 2 is 1.76 bits per heavy atom. The first-order valence-corrected chi connectivity index (χ1v) is 11.4. The van der Waals surface area contributed by atoms with E-state index in [9.17, 15) is 20.0 Å². The molecule has 0 aromatic heterocycles. The average molecular weight is 422 g/mol. The van der Waals surface area contributed by atoms with Crippen molar-refractivity contribution < 1.29 is 19.3 Å². The summed E-state index contributed by atoms with van der Waals surface area (Å²) in [5.41, 5.74) is 0.463. The van der Waals surface area contributed by atoms with Gasteiger partial charge < -0.3 is 9.53 Å². The van der Waals surface area contributed by atoms with Gasteiger partial charge in [-0.2, -0.15) is 0 Å². The molecule has 1 aliphatic rings. The standard InChI is InChI=1S/C22H35NO5Si/c1-12(2)20(13(3)4)22(28-29,14(5)6)16-9-15(10-16)19-11-17(23(26)27)7-8-18(19)21(24)25/h7-8,11-16,20H,9-10H2,1-6,29H3,(H,24,25). The molecule has 0 amide bonds. The summed E-state index contributed by atoms with van der Waals surface area (Å²) < 4.78 is 6.43. The van der Waals surface area contributed by atoms with Gasteiger partial charge in [0.05, 0.1) is 16.1 Å². The Hall–Kier alpha value is -1.73. The molecule has 2 rings (SSSR count). The van der Waals surface area contributed by atoms with Crippen LogP contribution in [0.3, 0.4) is 0 Å². The van der Waals surface area contributed by atoms with Gasteiger partial charge in [0, 0.05) is 12.1 Å². The van der Waals surface area contributed by atoms with Crippen LogP contribution in [0.15, 0.2) is 18.2 Å². The van der Waals surface area contributed by atoms with E-state index in [2.05, 4.69) is 41.5 Å². The maximum Gasteiger partial charge on any atom is 0.335 e. The van der Waals surface area contributed by atoms with Crippen molar-refractivity contribution in [3.63, 3.8) is 0 Å². The van der Waals surface area contributed by atoms with Crippen LogP contribution in [0.5, 0.6) is 0 Å². The average Bonchev–Trinajstić information content (AvgIpc) is 2.57. The molecule has 0 radical (unpaired) electrons. The molecular formula is C22H35NO5Si. The van der Waals surface area contributed by atoms with E-state index in [1.165, 1.54) is 18.2 Å². The molecule has 1 aromatic carbocycles. The summed E-state index contributed by atoms with van der Waals surface area (Å²) in [7, 11) is 0.641. The second kappa shape index (κ2) is 8.96. The van der Waals surface area contributed by atoms with Crippen molar-refractivity contribution >= 4 is 22.1 Å². The van der Waals surface area contributed by atoms with Crippen molar-refractivity contribution in [3.05, 3.63) is 39.4 Å². The summed E-state index contributed by atoms with van der Waals surface area (Å²) in [6.07, 6.45) is 1.61. The van der Waals surface area contributed by atoms with Gasteiger partial charge in [-0.25, -0.2) is 4.79 Å². The van der Waals surface area contributed by atoms with Gasteiger partial charge in [-0.05, 0) is 60.0 Å². The van der Waals surface area contributed by atoms with Gasteiger partial charge in [0.2, 0.25) is 0 Å². The normalized spacial score (nSPS) is 21.6. The number of nitrogens with zero attached hydrogens (tertiary/aromatic N) is 1. The molecule has 162 valence electrons. The molecule has 0 saturated heterocycles. The van der Waals surface area contributed by atoms with E-state index in [4.69, 9.17) is 4.43 Å². The van der Waals surface area contributed by atoms with Crippen molar-refractivity contribution in [2.24, 2.45) is 29.6 Å². The van der Waals surface area contributed by atoms with Crippen molar-refractivity contribution in [3.8, 4) is 0 Å². The van der Waals surface area contributed by atoms with Crippen LogP contribution < -0.4 is 0 Å². The SMILES string of the molecule is CC(C)C(C(C)C)C(O[SiH3])(C(C)C)C1CC(c2cc([N+](=O)[O-])ccc2C(=O)O)C1. The van der Waals surface area contributed by atoms with Crippen molar-refractivity contribution in [2.45, 2.75) is 65.9 Å². The van der Waals surface area contributed by atoms with E-state index < -0.39 is 10.9 Å². The highest BCUT2D eigenvalue weighted by Gasteiger charge is 2.54. The molecule has 7 heteroatoms. The van der Waals surface area contributed by atoms with Crippen LogP contribution in [-0.4, -0.2) is 32.1 Å². The van der Waals surface area contributed by atoms with Crippen LogP contribution in [0.25, 0.3) is 0 Å². The highest BCUT2D eigenvalue weighted by Crippen LogP contribution is 2.56. The largest absolute Gasteiger partial charge is 0.478 e. The zero-order valence-corrected chi connectivity index (χ0v) is 20.6. The number of carbonyl (C=O) groups is 1. The Bertz CT molecular complexity index is 750. The minimum Gasteiger partial charge on any atom is -0.478 e. The van der Waals surface area contributed by atoms with E-state index >= 15 is 0 Å². The van der Waals surface area contributed by atoms with Gasteiger partial charge in [0.1, 0.15) is 10.5 Å². The van der Waals surface area contributed by atoms with E-state index in [0.717, 1.165) is 12.8 Å². The van der Waals surface area contributed by atoms with Gasteiger partial charge in [-0.15, -0.1) is 0 Å². The summed E-state index contributed by atoms with van der Waals surface area (Å²) in [6, 6.07) is 4.09. The first-order chi connectivity index (χ1) is 13.5. The smallest absolute Gasteiger partial charge is 0.335 e. The van der Waals surface area contributed by atoms with Crippen LogP contribution in [-0.2, 0) is 4.43 Å². The van der Waals surface area contributed by atoms with Gasteiger partial charge >= 0.3 is 5.97 Å². The number of aromatic carboxylic acids is 1. The molecular weight excluding hydrogens is 386 g/mol. The number of nitro groups is 1. The number of carboxylic acids is 1. The third-order valence-electron chi connectivity index (χ3n) is 6.91. The predicted octanol–water partition coefficient (Wildman–Crippen LogP) is 4.41. The molecule has 1 unspecified atom stereocenters. The molecule has 1 N–H and O–H groups in total. The van der Waals surface area contributed by atoms with Gasteiger partial charge in [0.15, 0.2) is 0 Å². The predicted molar refractivity (Wildman–Crippen MR) is 117 cm³/mol. The zero-order valence-electron chi connectivity index (χ0n) is 18.6. The molecule has 1 fully saturated rings. The van der Waals surface area contributed by atoms with Crippen LogP contribution in [0.2, 0.25) is 0 Å². The molecule has 0 bridgehead atoms. The van der Waals surface area contributed by atoms with Crippen LogP contribution in [0, 0.1) is 39.7 Å². The van der Waals surface area contributed by atoms with Crippen LogP contribution in [0.1, 0.15) is 76.2 Å². The Balaban J connectivity index is 2.40. The number of hydrogen-bond acceptors (Lipinski definition) is 4. The molecule has 1 aliphatic carbocycles. The second-order valence-corrected chi connectivity index (χ2v) is 9.83. The Labute approximate surface area is 176 Å². The number of hydrogen-bond donors (Lipinski definition) is 1. The number of carboxylic acid groups (broad SMARTS) is 1. The molecule has 0 aliphatic heterocycles. The van der Waals surface area contributed by atoms with Crippen molar-refractivity contribution in [1.82, 2.24) is 0 Å². The lowest BCUT2D eigenvalue weighted by atomic mass is 9.54. The van der Waals surface area contributed by atoms with Crippen LogP contribution >= 0.6 is 0 Å². The fourth-order valence-electron chi connectivity index (χ4n) is 5.92. The Kier molecular flexibility index (Phi) is 7.27. The summed E-state index contributed by atoms with van der Waals surface area (Å²) in [5, 5.41) is 20.8. The number of non-ortho nitro benzene ring substituents is 1. The first-order valence-electron chi connectivity index (χ1n) is 10.5. The maximum atomic E-state index is 11.7. The van der Waals surface area contributed by atoms with Crippen molar-refractivity contribution in [1.29, 1.82) is 0 Å². The minimum absolute atomic E-state index is 0.0147. The number of rotatable bonds is 9. The van der Waals surface area contributed by atoms with Gasteiger partial charge in [-0.1, -0.05) is 41.5 Å². The van der Waals surface area contributed by atoms with Gasteiger partial charge in [0.25, 0.3) is 5.69 Å². The van der Waals surface area contributed by atoms with E-state index in [1.54, 1.807) is 0 Å². The lowest BCUT2D eigenvalue weighted by Crippen LogP contribution is -2.58. The molecule has 0 heterocycles. The topological polar surface area (TPSA) is 89.7 Å². The number of benzene rings is 1. The van der Waals surface area contributed by atoms with Gasteiger partial charge in [-0.3, -0.25) is 10.1 Å². The summed E-state index contributed by atoms with van der Waals surface area (Å²) in [6.45, 7) is 13.4. The highest BCUT2D eigenvalue weighted by atomic mass is 28.2.